The third kappa shape index (κ3) is 4.83. The highest BCUT2D eigenvalue weighted by atomic mass is 19.4. The van der Waals surface area contributed by atoms with Gasteiger partial charge in [-0.2, -0.15) is 23.5 Å². The SMILES string of the molecule is N#C/C(=N\Nc1ccc(NC(=O)C(F)(F)F)cc1)C(=N)N. The molecular formula is C11H9F3N6O. The number of amidine groups is 1. The molecule has 0 unspecified atom stereocenters. The average Bonchev–Trinajstić information content (AvgIpc) is 2.39. The van der Waals surface area contributed by atoms with Crippen LogP contribution >= 0.6 is 0 Å². The monoisotopic (exact) mass is 298 g/mol. The van der Waals surface area contributed by atoms with Crippen LogP contribution < -0.4 is 16.5 Å². The normalized spacial score (nSPS) is 11.4. The molecule has 1 amide bonds. The van der Waals surface area contributed by atoms with Crippen LogP contribution in [0.2, 0.25) is 0 Å². The standard InChI is InChI=1S/C11H9F3N6O/c12-11(13,14)10(21)18-6-1-3-7(4-2-6)19-20-8(5-15)9(16)17/h1-4,19H,(H3,16,17)(H,18,21)/b20-8+. The fourth-order valence-corrected chi connectivity index (χ4v) is 1.10. The number of amides is 1. The van der Waals surface area contributed by atoms with E-state index in [1.807, 2.05) is 0 Å². The number of hydrazone groups is 1. The van der Waals surface area contributed by atoms with Crippen LogP contribution in [0.3, 0.4) is 0 Å². The molecule has 0 atom stereocenters. The molecule has 5 N–H and O–H groups in total. The van der Waals surface area contributed by atoms with Crippen LogP contribution in [-0.2, 0) is 4.79 Å². The van der Waals surface area contributed by atoms with Crippen molar-refractivity contribution >= 4 is 28.8 Å². The molecule has 0 heterocycles. The number of carbonyl (C=O) groups excluding carboxylic acids is 1. The number of anilines is 2. The van der Waals surface area contributed by atoms with Gasteiger partial charge in [0, 0.05) is 5.69 Å². The lowest BCUT2D eigenvalue weighted by molar-refractivity contribution is -0.167. The minimum absolute atomic E-state index is 0.0565. The maximum absolute atomic E-state index is 12.0. The number of benzene rings is 1. The summed E-state index contributed by atoms with van der Waals surface area (Å²) in [5.41, 5.74) is 7.39. The maximum atomic E-state index is 12.0. The van der Waals surface area contributed by atoms with Crippen molar-refractivity contribution in [3.05, 3.63) is 24.3 Å². The number of rotatable bonds is 4. The van der Waals surface area contributed by atoms with Gasteiger partial charge in [0.15, 0.2) is 5.84 Å². The molecule has 0 spiro atoms. The zero-order valence-corrected chi connectivity index (χ0v) is 10.3. The molecule has 10 heteroatoms. The van der Waals surface area contributed by atoms with Crippen molar-refractivity contribution in [1.29, 1.82) is 10.7 Å². The van der Waals surface area contributed by atoms with E-state index in [1.165, 1.54) is 24.3 Å². The van der Waals surface area contributed by atoms with Gasteiger partial charge < -0.3 is 11.1 Å². The second kappa shape index (κ2) is 6.38. The molecule has 7 nitrogen and oxygen atoms in total. The third-order valence-corrected chi connectivity index (χ3v) is 2.06. The number of hydrogen-bond donors (Lipinski definition) is 4. The first-order valence-electron chi connectivity index (χ1n) is 5.30. The molecular weight excluding hydrogens is 289 g/mol. The van der Waals surface area contributed by atoms with Crippen molar-refractivity contribution in [2.75, 3.05) is 10.7 Å². The summed E-state index contributed by atoms with van der Waals surface area (Å²) < 4.78 is 36.1. The van der Waals surface area contributed by atoms with E-state index in [0.717, 1.165) is 0 Å². The summed E-state index contributed by atoms with van der Waals surface area (Å²) in [6.45, 7) is 0. The Kier molecular flexibility index (Phi) is 4.85. The fourth-order valence-electron chi connectivity index (χ4n) is 1.10. The van der Waals surface area contributed by atoms with Crippen LogP contribution in [-0.4, -0.2) is 23.6 Å². The number of halogens is 3. The van der Waals surface area contributed by atoms with Crippen molar-refractivity contribution in [2.24, 2.45) is 10.8 Å². The average molecular weight is 298 g/mol. The van der Waals surface area contributed by atoms with Crippen molar-refractivity contribution in [3.8, 4) is 6.07 Å². The van der Waals surface area contributed by atoms with E-state index in [0.29, 0.717) is 5.69 Å². The molecule has 1 rings (SSSR count). The predicted molar refractivity (Wildman–Crippen MR) is 69.7 cm³/mol. The fraction of sp³-hybridized carbons (Fsp3) is 0.0909. The van der Waals surface area contributed by atoms with E-state index in [-0.39, 0.29) is 11.4 Å². The van der Waals surface area contributed by atoms with Gasteiger partial charge in [-0.25, -0.2) is 0 Å². The summed E-state index contributed by atoms with van der Waals surface area (Å²) in [5, 5.41) is 20.8. The van der Waals surface area contributed by atoms with Crippen LogP contribution in [0.25, 0.3) is 0 Å². The van der Waals surface area contributed by atoms with E-state index >= 15 is 0 Å². The number of alkyl halides is 3. The van der Waals surface area contributed by atoms with Crippen LogP contribution in [0, 0.1) is 16.7 Å². The Hall–Kier alpha value is -3.09. The maximum Gasteiger partial charge on any atom is 0.471 e. The smallest absolute Gasteiger partial charge is 0.382 e. The van der Waals surface area contributed by atoms with Crippen LogP contribution in [0.5, 0.6) is 0 Å². The first kappa shape index (κ1) is 16.0. The Bertz CT molecular complexity index is 614. The molecule has 0 aromatic heterocycles. The van der Waals surface area contributed by atoms with E-state index in [9.17, 15) is 18.0 Å². The number of nitrogens with two attached hydrogens (primary N) is 1. The zero-order valence-electron chi connectivity index (χ0n) is 10.3. The van der Waals surface area contributed by atoms with Gasteiger partial charge in [0.1, 0.15) is 6.07 Å². The number of nitrogens with one attached hydrogen (secondary N) is 3. The van der Waals surface area contributed by atoms with Crippen LogP contribution in [0.15, 0.2) is 29.4 Å². The summed E-state index contributed by atoms with van der Waals surface area (Å²) in [5.74, 6) is -2.61. The van der Waals surface area contributed by atoms with E-state index in [4.69, 9.17) is 16.4 Å². The first-order valence-corrected chi connectivity index (χ1v) is 5.30. The largest absolute Gasteiger partial charge is 0.471 e. The minimum Gasteiger partial charge on any atom is -0.382 e. The van der Waals surface area contributed by atoms with Gasteiger partial charge in [0.25, 0.3) is 0 Å². The minimum atomic E-state index is -4.97. The molecule has 110 valence electrons. The lowest BCUT2D eigenvalue weighted by atomic mass is 10.3. The Morgan fingerprint density at radius 2 is 1.81 bits per heavy atom. The van der Waals surface area contributed by atoms with Gasteiger partial charge >= 0.3 is 12.1 Å². The number of carbonyl (C=O) groups is 1. The van der Waals surface area contributed by atoms with Crippen molar-refractivity contribution in [1.82, 2.24) is 0 Å². The van der Waals surface area contributed by atoms with Crippen LogP contribution in [0.1, 0.15) is 0 Å². The third-order valence-electron chi connectivity index (χ3n) is 2.06. The van der Waals surface area contributed by atoms with Gasteiger partial charge in [-0.1, -0.05) is 0 Å². The van der Waals surface area contributed by atoms with E-state index in [2.05, 4.69) is 10.5 Å². The lowest BCUT2D eigenvalue weighted by Gasteiger charge is -2.08. The number of hydrogen-bond acceptors (Lipinski definition) is 5. The van der Waals surface area contributed by atoms with Crippen molar-refractivity contribution < 1.29 is 18.0 Å². The Morgan fingerprint density at radius 3 is 2.24 bits per heavy atom. The molecule has 0 radical (unpaired) electrons. The molecule has 21 heavy (non-hydrogen) atoms. The summed E-state index contributed by atoms with van der Waals surface area (Å²) in [6, 6.07) is 6.65. The number of nitriles is 1. The Labute approximate surface area is 116 Å². The first-order chi connectivity index (χ1) is 9.74. The van der Waals surface area contributed by atoms with E-state index < -0.39 is 17.9 Å². The van der Waals surface area contributed by atoms with Gasteiger partial charge in [0.2, 0.25) is 5.71 Å². The van der Waals surface area contributed by atoms with Gasteiger partial charge in [-0.15, -0.1) is 0 Å². The molecule has 0 fully saturated rings. The van der Waals surface area contributed by atoms with Gasteiger partial charge in [-0.3, -0.25) is 15.6 Å². The van der Waals surface area contributed by atoms with Crippen molar-refractivity contribution in [2.45, 2.75) is 6.18 Å². The predicted octanol–water partition coefficient (Wildman–Crippen LogP) is 1.41. The van der Waals surface area contributed by atoms with Crippen molar-refractivity contribution in [3.63, 3.8) is 0 Å². The molecule has 0 aliphatic carbocycles. The van der Waals surface area contributed by atoms with Crippen LogP contribution in [0.4, 0.5) is 24.5 Å². The second-order valence-corrected chi connectivity index (χ2v) is 3.63. The molecule has 0 aliphatic heterocycles. The quantitative estimate of drug-likeness (QED) is 0.380. The zero-order chi connectivity index (χ0) is 16.0. The molecule has 0 saturated carbocycles. The van der Waals surface area contributed by atoms with Gasteiger partial charge in [-0.05, 0) is 24.3 Å². The molecule has 1 aromatic carbocycles. The number of nitrogens with zero attached hydrogens (tertiary/aromatic N) is 2. The molecule has 0 aliphatic rings. The summed E-state index contributed by atoms with van der Waals surface area (Å²) >= 11 is 0. The Morgan fingerprint density at radius 1 is 1.29 bits per heavy atom. The van der Waals surface area contributed by atoms with E-state index in [1.54, 1.807) is 11.4 Å². The summed E-state index contributed by atoms with van der Waals surface area (Å²) in [4.78, 5) is 10.7. The molecule has 0 bridgehead atoms. The second-order valence-electron chi connectivity index (χ2n) is 3.63. The lowest BCUT2D eigenvalue weighted by Crippen LogP contribution is -2.29. The molecule has 0 saturated heterocycles. The highest BCUT2D eigenvalue weighted by Crippen LogP contribution is 2.19. The molecule has 1 aromatic rings. The topological polar surface area (TPSA) is 127 Å². The summed E-state index contributed by atoms with van der Waals surface area (Å²) in [7, 11) is 0. The summed E-state index contributed by atoms with van der Waals surface area (Å²) in [6.07, 6.45) is -4.97. The highest BCUT2D eigenvalue weighted by molar-refractivity contribution is 6.45. The Balaban J connectivity index is 2.74. The van der Waals surface area contributed by atoms with Gasteiger partial charge in [0.05, 0.1) is 5.69 Å². The highest BCUT2D eigenvalue weighted by Gasteiger charge is 2.38.